The number of aryl methyl sites for hydroxylation is 1. The van der Waals surface area contributed by atoms with Gasteiger partial charge in [0.2, 0.25) is 0 Å². The van der Waals surface area contributed by atoms with Crippen LogP contribution in [0.3, 0.4) is 0 Å². The van der Waals surface area contributed by atoms with Crippen LogP contribution in [0.2, 0.25) is 0 Å². The van der Waals surface area contributed by atoms with Crippen molar-refractivity contribution in [2.75, 3.05) is 0 Å². The van der Waals surface area contributed by atoms with Crippen LogP contribution in [0.5, 0.6) is 0 Å². The Morgan fingerprint density at radius 1 is 1.04 bits per heavy atom. The summed E-state index contributed by atoms with van der Waals surface area (Å²) >= 11 is 0. The minimum absolute atomic E-state index is 0.0472. The molecule has 8 nitrogen and oxygen atoms in total. The van der Waals surface area contributed by atoms with Gasteiger partial charge in [0, 0.05) is 7.05 Å². The molecule has 0 aliphatic carbocycles. The molecule has 8 heteroatoms. The number of nitrogens with one attached hydrogen (secondary N) is 1. The molecule has 4 rings (SSSR count). The third-order valence-electron chi connectivity index (χ3n) is 4.20. The van der Waals surface area contributed by atoms with Crippen molar-refractivity contribution < 1.29 is 9.59 Å². The number of aromatic nitrogens is 3. The summed E-state index contributed by atoms with van der Waals surface area (Å²) in [5, 5.41) is 0.0866. The molecule has 124 valence electrons. The number of carbonyl (C=O) groups is 2. The first-order chi connectivity index (χ1) is 12.0. The number of aromatic amines is 1. The van der Waals surface area contributed by atoms with Gasteiger partial charge in [0.15, 0.2) is 0 Å². The number of amides is 2. The summed E-state index contributed by atoms with van der Waals surface area (Å²) in [4.78, 5) is 56.3. The van der Waals surface area contributed by atoms with Crippen molar-refractivity contribution >= 4 is 22.8 Å². The van der Waals surface area contributed by atoms with Gasteiger partial charge in [0.25, 0.3) is 17.4 Å². The summed E-state index contributed by atoms with van der Waals surface area (Å²) in [5.41, 5.74) is -0.397. The minimum atomic E-state index is -0.643. The molecule has 0 radical (unpaired) electrons. The lowest BCUT2D eigenvalue weighted by molar-refractivity contribution is 0.0640. The summed E-state index contributed by atoms with van der Waals surface area (Å²) in [6.07, 6.45) is 0. The van der Waals surface area contributed by atoms with Crippen LogP contribution < -0.4 is 11.2 Å². The number of hydrogen-bond acceptors (Lipinski definition) is 5. The number of benzene rings is 1. The number of rotatable bonds is 2. The molecule has 0 unspecified atom stereocenters. The highest BCUT2D eigenvalue weighted by molar-refractivity contribution is 6.21. The zero-order valence-corrected chi connectivity index (χ0v) is 13.1. The van der Waals surface area contributed by atoms with Gasteiger partial charge in [0.05, 0.1) is 17.5 Å². The Balaban J connectivity index is 1.87. The van der Waals surface area contributed by atoms with Crippen molar-refractivity contribution in [3.05, 3.63) is 74.1 Å². The number of fused-ring (bicyclic) bond motifs is 2. The second-order valence-corrected chi connectivity index (χ2v) is 5.76. The molecule has 2 amide bonds. The zero-order valence-electron chi connectivity index (χ0n) is 13.1. The van der Waals surface area contributed by atoms with E-state index in [0.717, 1.165) is 15.0 Å². The minimum Gasteiger partial charge on any atom is -0.281 e. The van der Waals surface area contributed by atoms with Gasteiger partial charge in [-0.05, 0) is 11.6 Å². The summed E-state index contributed by atoms with van der Waals surface area (Å²) in [7, 11) is 1.43. The average molecular weight is 336 g/mol. The molecule has 0 bridgehead atoms. The second kappa shape index (κ2) is 5.23. The Bertz CT molecular complexity index is 1160. The number of nitrogens with zero attached hydrogens (tertiary/aromatic N) is 3. The van der Waals surface area contributed by atoms with Crippen LogP contribution in [0.4, 0.5) is 0 Å². The highest BCUT2D eigenvalue weighted by Gasteiger charge is 2.37. The SMILES string of the molecule is Cn1c(=O)[nH]c(=O)c2cc3c(nc21)C(=O)N(Cc1ccccc1)C3=O. The molecule has 0 saturated carbocycles. The predicted octanol–water partition coefficient (Wildman–Crippen LogP) is 0.418. The molecular weight excluding hydrogens is 324 g/mol. The standard InChI is InChI=1S/C17H12N4O4/c1-20-13-11(14(22)19-17(20)25)7-10-12(18-13)16(24)21(15(10)23)8-9-5-3-2-4-6-9/h2-7H,8H2,1H3,(H,19,22,25). The van der Waals surface area contributed by atoms with Crippen molar-refractivity contribution in [1.82, 2.24) is 19.4 Å². The monoisotopic (exact) mass is 336 g/mol. The van der Waals surface area contributed by atoms with E-state index < -0.39 is 23.1 Å². The van der Waals surface area contributed by atoms with Crippen LogP contribution in [0, 0.1) is 0 Å². The largest absolute Gasteiger partial charge is 0.329 e. The van der Waals surface area contributed by atoms with Crippen molar-refractivity contribution in [1.29, 1.82) is 0 Å². The molecule has 0 fully saturated rings. The third kappa shape index (κ3) is 2.18. The maximum Gasteiger partial charge on any atom is 0.329 e. The van der Waals surface area contributed by atoms with Crippen LogP contribution in [0.25, 0.3) is 11.0 Å². The van der Waals surface area contributed by atoms with Gasteiger partial charge < -0.3 is 0 Å². The molecule has 1 N–H and O–H groups in total. The first kappa shape index (κ1) is 15.0. The Labute approximate surface area is 140 Å². The fourth-order valence-electron chi connectivity index (χ4n) is 2.87. The van der Waals surface area contributed by atoms with E-state index in [-0.39, 0.29) is 28.8 Å². The van der Waals surface area contributed by atoms with Gasteiger partial charge >= 0.3 is 5.69 Å². The summed E-state index contributed by atoms with van der Waals surface area (Å²) in [5.74, 6) is -1.05. The summed E-state index contributed by atoms with van der Waals surface area (Å²) in [6.45, 7) is 0.112. The first-order valence-corrected chi connectivity index (χ1v) is 7.51. The lowest BCUT2D eigenvalue weighted by Crippen LogP contribution is -2.29. The van der Waals surface area contributed by atoms with Gasteiger partial charge in [-0.15, -0.1) is 0 Å². The van der Waals surface area contributed by atoms with Crippen LogP contribution in [-0.4, -0.2) is 31.2 Å². The molecule has 0 atom stereocenters. The van der Waals surface area contributed by atoms with E-state index in [0.29, 0.717) is 0 Å². The molecule has 0 spiro atoms. The van der Waals surface area contributed by atoms with Gasteiger partial charge in [0.1, 0.15) is 11.3 Å². The molecular formula is C17H12N4O4. The van der Waals surface area contributed by atoms with Gasteiger partial charge in [-0.25, -0.2) is 9.78 Å². The fourth-order valence-corrected chi connectivity index (χ4v) is 2.87. The lowest BCUT2D eigenvalue weighted by Gasteiger charge is -2.13. The van der Waals surface area contributed by atoms with Crippen LogP contribution >= 0.6 is 0 Å². The van der Waals surface area contributed by atoms with Crippen molar-refractivity contribution in [2.45, 2.75) is 6.54 Å². The number of hydrogen-bond donors (Lipinski definition) is 1. The first-order valence-electron chi connectivity index (χ1n) is 7.51. The van der Waals surface area contributed by atoms with Crippen LogP contribution in [0.15, 0.2) is 46.0 Å². The van der Waals surface area contributed by atoms with E-state index in [9.17, 15) is 19.2 Å². The molecule has 0 saturated heterocycles. The molecule has 1 aliphatic heterocycles. The van der Waals surface area contributed by atoms with Crippen LogP contribution in [-0.2, 0) is 13.6 Å². The third-order valence-corrected chi connectivity index (χ3v) is 4.20. The van der Waals surface area contributed by atoms with E-state index >= 15 is 0 Å². The van der Waals surface area contributed by atoms with E-state index in [4.69, 9.17) is 0 Å². The van der Waals surface area contributed by atoms with E-state index in [1.165, 1.54) is 13.1 Å². The van der Waals surface area contributed by atoms with Crippen molar-refractivity contribution in [3.63, 3.8) is 0 Å². The summed E-state index contributed by atoms with van der Waals surface area (Å²) in [6, 6.07) is 10.4. The quantitative estimate of drug-likeness (QED) is 0.683. The second-order valence-electron chi connectivity index (χ2n) is 5.76. The molecule has 1 aromatic carbocycles. The smallest absolute Gasteiger partial charge is 0.281 e. The normalized spacial score (nSPS) is 13.6. The average Bonchev–Trinajstić information content (AvgIpc) is 2.84. The van der Waals surface area contributed by atoms with Crippen LogP contribution in [0.1, 0.15) is 26.4 Å². The Kier molecular flexibility index (Phi) is 3.14. The molecule has 3 aromatic rings. The lowest BCUT2D eigenvalue weighted by atomic mass is 10.2. The van der Waals surface area contributed by atoms with E-state index in [1.807, 2.05) is 30.3 Å². The van der Waals surface area contributed by atoms with E-state index in [1.54, 1.807) is 0 Å². The zero-order chi connectivity index (χ0) is 17.7. The maximum atomic E-state index is 12.6. The Morgan fingerprint density at radius 3 is 2.48 bits per heavy atom. The van der Waals surface area contributed by atoms with Gasteiger partial charge in [-0.3, -0.25) is 28.8 Å². The molecule has 1 aliphatic rings. The number of carbonyl (C=O) groups excluding carboxylic acids is 2. The maximum absolute atomic E-state index is 12.6. The fraction of sp³-hybridized carbons (Fsp3) is 0.118. The van der Waals surface area contributed by atoms with Gasteiger partial charge in [-0.2, -0.15) is 0 Å². The van der Waals surface area contributed by atoms with Crippen molar-refractivity contribution in [3.8, 4) is 0 Å². The number of imide groups is 1. The highest BCUT2D eigenvalue weighted by atomic mass is 16.2. The van der Waals surface area contributed by atoms with Crippen molar-refractivity contribution in [2.24, 2.45) is 7.05 Å². The number of pyridine rings is 1. The Hall–Kier alpha value is -3.55. The van der Waals surface area contributed by atoms with Gasteiger partial charge in [-0.1, -0.05) is 30.3 Å². The summed E-state index contributed by atoms with van der Waals surface area (Å²) < 4.78 is 1.13. The number of H-pyrrole nitrogens is 1. The Morgan fingerprint density at radius 2 is 1.76 bits per heavy atom. The predicted molar refractivity (Wildman–Crippen MR) is 88.3 cm³/mol. The topological polar surface area (TPSA) is 105 Å². The highest BCUT2D eigenvalue weighted by Crippen LogP contribution is 2.25. The van der Waals surface area contributed by atoms with E-state index in [2.05, 4.69) is 9.97 Å². The molecule has 25 heavy (non-hydrogen) atoms. The molecule has 2 aromatic heterocycles. The molecule has 3 heterocycles.